The summed E-state index contributed by atoms with van der Waals surface area (Å²) in [6, 6.07) is 14.6. The highest BCUT2D eigenvalue weighted by Gasteiger charge is 2.23. The molecule has 2 aliphatic rings. The summed E-state index contributed by atoms with van der Waals surface area (Å²) in [4.78, 5) is 18.9. The molecule has 6 heteroatoms. The number of carbonyl (C=O) groups excluding carboxylic acids is 1. The lowest BCUT2D eigenvalue weighted by Gasteiger charge is -2.36. The van der Waals surface area contributed by atoms with Gasteiger partial charge in [-0.2, -0.15) is 0 Å². The molecule has 0 spiro atoms. The van der Waals surface area contributed by atoms with Gasteiger partial charge in [-0.25, -0.2) is 4.39 Å². The van der Waals surface area contributed by atoms with Crippen molar-refractivity contribution in [3.05, 3.63) is 59.9 Å². The zero-order chi connectivity index (χ0) is 18.6. The maximum absolute atomic E-state index is 14.0. The molecule has 142 valence electrons. The molecule has 0 N–H and O–H groups in total. The van der Waals surface area contributed by atoms with E-state index in [-0.39, 0.29) is 11.7 Å². The Labute approximate surface area is 158 Å². The Morgan fingerprint density at radius 3 is 2.15 bits per heavy atom. The van der Waals surface area contributed by atoms with Crippen molar-refractivity contribution in [1.29, 1.82) is 0 Å². The van der Waals surface area contributed by atoms with Gasteiger partial charge < -0.3 is 19.4 Å². The summed E-state index contributed by atoms with van der Waals surface area (Å²) in [6.45, 7) is 5.71. The van der Waals surface area contributed by atoms with Gasteiger partial charge in [0.25, 0.3) is 5.91 Å². The number of rotatable bonds is 3. The summed E-state index contributed by atoms with van der Waals surface area (Å²) in [7, 11) is 0. The maximum Gasteiger partial charge on any atom is 0.253 e. The Morgan fingerprint density at radius 1 is 0.815 bits per heavy atom. The summed E-state index contributed by atoms with van der Waals surface area (Å²) in [5.74, 6) is -0.173. The second-order valence-electron chi connectivity index (χ2n) is 6.88. The van der Waals surface area contributed by atoms with Crippen molar-refractivity contribution in [2.45, 2.75) is 0 Å². The molecule has 2 aliphatic heterocycles. The van der Waals surface area contributed by atoms with Gasteiger partial charge in [-0.15, -0.1) is 0 Å². The predicted molar refractivity (Wildman–Crippen MR) is 104 cm³/mol. The molecule has 5 nitrogen and oxygen atoms in total. The highest BCUT2D eigenvalue weighted by molar-refractivity contribution is 5.94. The Hall–Kier alpha value is -2.60. The van der Waals surface area contributed by atoms with E-state index in [0.717, 1.165) is 32.0 Å². The number of morpholine rings is 1. The fraction of sp³-hybridized carbons (Fsp3) is 0.381. The van der Waals surface area contributed by atoms with Crippen molar-refractivity contribution in [1.82, 2.24) is 4.90 Å². The fourth-order valence-electron chi connectivity index (χ4n) is 3.68. The molecule has 0 aromatic heterocycles. The normalized spacial score (nSPS) is 17.9. The molecule has 0 bridgehead atoms. The molecule has 0 radical (unpaired) electrons. The first-order chi connectivity index (χ1) is 13.2. The van der Waals surface area contributed by atoms with Crippen LogP contribution in [0.4, 0.5) is 15.8 Å². The van der Waals surface area contributed by atoms with E-state index < -0.39 is 0 Å². The van der Waals surface area contributed by atoms with Gasteiger partial charge in [0.1, 0.15) is 5.82 Å². The van der Waals surface area contributed by atoms with E-state index in [2.05, 4.69) is 4.90 Å². The molecule has 27 heavy (non-hydrogen) atoms. The third-order valence-corrected chi connectivity index (χ3v) is 5.25. The Kier molecular flexibility index (Phi) is 5.25. The maximum atomic E-state index is 14.0. The average molecular weight is 369 g/mol. The SMILES string of the molecule is O=C(c1ccc(N2CCOCC2)cc1)N1CCN(c2ccccc2F)CC1. The highest BCUT2D eigenvalue weighted by atomic mass is 19.1. The van der Waals surface area contributed by atoms with Gasteiger partial charge in [-0.1, -0.05) is 12.1 Å². The third kappa shape index (κ3) is 3.90. The van der Waals surface area contributed by atoms with Crippen LogP contribution in [0.2, 0.25) is 0 Å². The van der Waals surface area contributed by atoms with Crippen LogP contribution >= 0.6 is 0 Å². The third-order valence-electron chi connectivity index (χ3n) is 5.25. The number of hydrogen-bond donors (Lipinski definition) is 0. The van der Waals surface area contributed by atoms with E-state index in [9.17, 15) is 9.18 Å². The van der Waals surface area contributed by atoms with Crippen molar-refractivity contribution in [3.63, 3.8) is 0 Å². The molecule has 0 saturated carbocycles. The second kappa shape index (κ2) is 7.96. The van der Waals surface area contributed by atoms with Crippen molar-refractivity contribution in [3.8, 4) is 0 Å². The fourth-order valence-corrected chi connectivity index (χ4v) is 3.68. The molecule has 0 atom stereocenters. The van der Waals surface area contributed by atoms with Crippen molar-refractivity contribution in [2.24, 2.45) is 0 Å². The first kappa shape index (κ1) is 17.8. The summed E-state index contributed by atoms with van der Waals surface area (Å²) >= 11 is 0. The molecule has 0 unspecified atom stereocenters. The monoisotopic (exact) mass is 369 g/mol. The van der Waals surface area contributed by atoms with Gasteiger partial charge >= 0.3 is 0 Å². The minimum atomic E-state index is -0.212. The number of anilines is 2. The number of amides is 1. The number of halogens is 1. The van der Waals surface area contributed by atoms with Crippen LogP contribution in [0.15, 0.2) is 48.5 Å². The van der Waals surface area contributed by atoms with Gasteiger partial charge in [0.15, 0.2) is 0 Å². The van der Waals surface area contributed by atoms with Crippen LogP contribution in [0.1, 0.15) is 10.4 Å². The molecule has 4 rings (SSSR count). The van der Waals surface area contributed by atoms with Crippen LogP contribution in [-0.4, -0.2) is 63.3 Å². The van der Waals surface area contributed by atoms with E-state index in [1.165, 1.54) is 6.07 Å². The Bertz CT molecular complexity index is 782. The van der Waals surface area contributed by atoms with E-state index in [0.29, 0.717) is 37.4 Å². The highest BCUT2D eigenvalue weighted by Crippen LogP contribution is 2.22. The minimum Gasteiger partial charge on any atom is -0.378 e. The number of para-hydroxylation sites is 1. The van der Waals surface area contributed by atoms with Gasteiger partial charge in [-0.05, 0) is 36.4 Å². The number of piperazine rings is 1. The summed E-state index contributed by atoms with van der Waals surface area (Å²) in [5, 5.41) is 0. The Morgan fingerprint density at radius 2 is 1.48 bits per heavy atom. The van der Waals surface area contributed by atoms with Crippen LogP contribution in [0.5, 0.6) is 0 Å². The summed E-state index contributed by atoms with van der Waals surface area (Å²) < 4.78 is 19.3. The lowest BCUT2D eigenvalue weighted by atomic mass is 10.1. The van der Waals surface area contributed by atoms with Gasteiger partial charge in [0.05, 0.1) is 18.9 Å². The standard InChI is InChI=1S/C21H24FN3O2/c22-19-3-1-2-4-20(19)24-9-11-25(12-10-24)21(26)17-5-7-18(8-6-17)23-13-15-27-16-14-23/h1-8H,9-16H2. The van der Waals surface area contributed by atoms with Crippen LogP contribution in [0.25, 0.3) is 0 Å². The largest absolute Gasteiger partial charge is 0.378 e. The number of hydrogen-bond acceptors (Lipinski definition) is 4. The van der Waals surface area contributed by atoms with Gasteiger partial charge in [-0.3, -0.25) is 4.79 Å². The van der Waals surface area contributed by atoms with Crippen molar-refractivity contribution >= 4 is 17.3 Å². The quantitative estimate of drug-likeness (QED) is 0.833. The number of ether oxygens (including phenoxy) is 1. The van der Waals surface area contributed by atoms with E-state index >= 15 is 0 Å². The lowest BCUT2D eigenvalue weighted by Crippen LogP contribution is -2.49. The number of carbonyl (C=O) groups is 1. The molecule has 2 heterocycles. The average Bonchev–Trinajstić information content (AvgIpc) is 2.74. The van der Waals surface area contributed by atoms with E-state index in [1.54, 1.807) is 12.1 Å². The smallest absolute Gasteiger partial charge is 0.253 e. The molecule has 2 aromatic rings. The molecule has 0 aliphatic carbocycles. The topological polar surface area (TPSA) is 36.0 Å². The molecule has 2 fully saturated rings. The van der Waals surface area contributed by atoms with Crippen molar-refractivity contribution < 1.29 is 13.9 Å². The molecule has 2 saturated heterocycles. The summed E-state index contributed by atoms with van der Waals surface area (Å²) in [6.07, 6.45) is 0. The zero-order valence-electron chi connectivity index (χ0n) is 15.3. The lowest BCUT2D eigenvalue weighted by molar-refractivity contribution is 0.0746. The minimum absolute atomic E-state index is 0.0386. The van der Waals surface area contributed by atoms with Gasteiger partial charge in [0, 0.05) is 50.5 Å². The molecule has 1 amide bonds. The first-order valence-corrected chi connectivity index (χ1v) is 9.44. The second-order valence-corrected chi connectivity index (χ2v) is 6.88. The molecule has 2 aromatic carbocycles. The van der Waals surface area contributed by atoms with E-state index in [1.807, 2.05) is 40.1 Å². The molecular formula is C21H24FN3O2. The van der Waals surface area contributed by atoms with Crippen molar-refractivity contribution in [2.75, 3.05) is 62.3 Å². The Balaban J connectivity index is 1.37. The summed E-state index contributed by atoms with van der Waals surface area (Å²) in [5.41, 5.74) is 2.44. The molecular weight excluding hydrogens is 345 g/mol. The van der Waals surface area contributed by atoms with Crippen LogP contribution in [0.3, 0.4) is 0 Å². The van der Waals surface area contributed by atoms with Crippen LogP contribution in [0, 0.1) is 5.82 Å². The van der Waals surface area contributed by atoms with Gasteiger partial charge in [0.2, 0.25) is 0 Å². The predicted octanol–water partition coefficient (Wildman–Crippen LogP) is 2.62. The van der Waals surface area contributed by atoms with Crippen LogP contribution in [-0.2, 0) is 4.74 Å². The van der Waals surface area contributed by atoms with E-state index in [4.69, 9.17) is 4.74 Å². The first-order valence-electron chi connectivity index (χ1n) is 9.44. The number of benzene rings is 2. The number of nitrogens with zero attached hydrogens (tertiary/aromatic N) is 3. The van der Waals surface area contributed by atoms with Crippen LogP contribution < -0.4 is 9.80 Å². The zero-order valence-corrected chi connectivity index (χ0v) is 15.3.